The minimum Gasteiger partial charge on any atom is -0.478 e. The van der Waals surface area contributed by atoms with Gasteiger partial charge in [-0.2, -0.15) is 13.2 Å². The second-order valence-corrected chi connectivity index (χ2v) is 12.3. The molecule has 2 amide bonds. The first kappa shape index (κ1) is 38.6. The van der Waals surface area contributed by atoms with Crippen molar-refractivity contribution in [3.05, 3.63) is 47.5 Å². The van der Waals surface area contributed by atoms with Crippen molar-refractivity contribution in [3.8, 4) is 0 Å². The highest BCUT2D eigenvalue weighted by molar-refractivity contribution is 5.91. The molecule has 0 heterocycles. The Morgan fingerprint density at radius 1 is 0.952 bits per heavy atom. The normalized spacial score (nSPS) is 14.7. The van der Waals surface area contributed by atoms with Crippen molar-refractivity contribution in [1.82, 2.24) is 15.5 Å². The average Bonchev–Trinajstić information content (AvgIpc) is 2.84. The summed E-state index contributed by atoms with van der Waals surface area (Å²) >= 11 is 0. The standard InChI is InChI=1S/C28H45N3O4.C2HF3O2/c1-18(2)21(16-19(3)26(34)35)31(10)25(33)23(27(4,5)6)30-24(32)22(29-9)28(7,8)17-20-14-12-11-13-15-20;3-2(4,5)1(6)7/h11-16,18,21-23,29H,17H2,1-10H3,(H,30,32)(H,34,35);(H,6,7)/b19-16+;/t21-,22-,23-;/m1./s1. The van der Waals surface area contributed by atoms with Crippen LogP contribution in [0.5, 0.6) is 0 Å². The molecule has 0 unspecified atom stereocenters. The number of carboxylic acids is 2. The van der Waals surface area contributed by atoms with Crippen LogP contribution in [-0.2, 0) is 25.6 Å². The zero-order valence-corrected chi connectivity index (χ0v) is 26.1. The predicted octanol–water partition coefficient (Wildman–Crippen LogP) is 4.52. The van der Waals surface area contributed by atoms with Gasteiger partial charge in [0.05, 0.1) is 12.1 Å². The van der Waals surface area contributed by atoms with Crippen LogP contribution in [0.3, 0.4) is 0 Å². The van der Waals surface area contributed by atoms with Gasteiger partial charge < -0.3 is 25.7 Å². The summed E-state index contributed by atoms with van der Waals surface area (Å²) in [6.07, 6.45) is -2.79. The van der Waals surface area contributed by atoms with Crippen LogP contribution in [0.25, 0.3) is 0 Å². The lowest BCUT2D eigenvalue weighted by Crippen LogP contribution is -2.61. The van der Waals surface area contributed by atoms with E-state index in [-0.39, 0.29) is 23.3 Å². The summed E-state index contributed by atoms with van der Waals surface area (Å²) in [4.78, 5) is 49.1. The number of aliphatic carboxylic acids is 2. The molecule has 0 spiro atoms. The van der Waals surface area contributed by atoms with Gasteiger partial charge in [-0.15, -0.1) is 0 Å². The molecule has 0 saturated heterocycles. The summed E-state index contributed by atoms with van der Waals surface area (Å²) in [5.74, 6) is -4.28. The minimum absolute atomic E-state index is 0.00978. The largest absolute Gasteiger partial charge is 0.490 e. The Morgan fingerprint density at radius 2 is 1.43 bits per heavy atom. The van der Waals surface area contributed by atoms with Crippen LogP contribution < -0.4 is 10.6 Å². The van der Waals surface area contributed by atoms with E-state index in [0.29, 0.717) is 6.42 Å². The summed E-state index contributed by atoms with van der Waals surface area (Å²) in [6, 6.07) is 8.28. The van der Waals surface area contributed by atoms with Crippen molar-refractivity contribution < 1.29 is 42.6 Å². The maximum absolute atomic E-state index is 13.7. The van der Waals surface area contributed by atoms with E-state index in [1.54, 1.807) is 25.1 Å². The molecule has 4 N–H and O–H groups in total. The van der Waals surface area contributed by atoms with Gasteiger partial charge in [0.25, 0.3) is 0 Å². The molecule has 1 aromatic carbocycles. The molecule has 1 aromatic rings. The third-order valence-corrected chi connectivity index (χ3v) is 6.71. The first-order chi connectivity index (χ1) is 19.0. The van der Waals surface area contributed by atoms with E-state index in [4.69, 9.17) is 9.90 Å². The second kappa shape index (κ2) is 15.7. The van der Waals surface area contributed by atoms with Gasteiger partial charge in [-0.1, -0.05) is 84.9 Å². The van der Waals surface area contributed by atoms with Gasteiger partial charge in [-0.25, -0.2) is 9.59 Å². The fourth-order valence-electron chi connectivity index (χ4n) is 4.40. The van der Waals surface area contributed by atoms with E-state index >= 15 is 0 Å². The molecular weight excluding hydrogens is 555 g/mol. The lowest BCUT2D eigenvalue weighted by molar-refractivity contribution is -0.192. The number of rotatable bonds is 11. The van der Waals surface area contributed by atoms with Gasteiger partial charge in [0.1, 0.15) is 6.04 Å². The van der Waals surface area contributed by atoms with Crippen molar-refractivity contribution in [3.63, 3.8) is 0 Å². The lowest BCUT2D eigenvalue weighted by Gasteiger charge is -2.39. The fraction of sp³-hybridized carbons (Fsp3) is 0.600. The molecule has 12 heteroatoms. The molecule has 0 saturated carbocycles. The zero-order valence-electron chi connectivity index (χ0n) is 26.1. The van der Waals surface area contributed by atoms with Crippen molar-refractivity contribution in [2.75, 3.05) is 14.1 Å². The molecule has 238 valence electrons. The van der Waals surface area contributed by atoms with Crippen LogP contribution in [-0.4, -0.2) is 77.3 Å². The summed E-state index contributed by atoms with van der Waals surface area (Å²) < 4.78 is 31.7. The van der Waals surface area contributed by atoms with Gasteiger partial charge in [0.15, 0.2) is 0 Å². The number of amides is 2. The van der Waals surface area contributed by atoms with Gasteiger partial charge in [0.2, 0.25) is 11.8 Å². The maximum Gasteiger partial charge on any atom is 0.490 e. The van der Waals surface area contributed by atoms with E-state index in [0.717, 1.165) is 5.56 Å². The number of carbonyl (C=O) groups is 4. The van der Waals surface area contributed by atoms with E-state index in [1.165, 1.54) is 6.92 Å². The van der Waals surface area contributed by atoms with Crippen LogP contribution in [0.4, 0.5) is 13.2 Å². The maximum atomic E-state index is 13.7. The van der Waals surface area contributed by atoms with E-state index in [2.05, 4.69) is 10.6 Å². The Labute approximate surface area is 246 Å². The van der Waals surface area contributed by atoms with Gasteiger partial charge in [-0.3, -0.25) is 9.59 Å². The molecule has 0 fully saturated rings. The van der Waals surface area contributed by atoms with Crippen molar-refractivity contribution in [2.45, 2.75) is 86.1 Å². The number of nitrogens with one attached hydrogen (secondary N) is 2. The summed E-state index contributed by atoms with van der Waals surface area (Å²) in [7, 11) is 3.42. The molecule has 3 atom stereocenters. The summed E-state index contributed by atoms with van der Waals surface area (Å²) in [5.41, 5.74) is 0.335. The Hall–Kier alpha value is -3.41. The van der Waals surface area contributed by atoms with Crippen molar-refractivity contribution in [1.29, 1.82) is 0 Å². The monoisotopic (exact) mass is 601 g/mol. The third kappa shape index (κ3) is 12.2. The molecule has 0 bridgehead atoms. The quantitative estimate of drug-likeness (QED) is 0.274. The van der Waals surface area contributed by atoms with Gasteiger partial charge in [-0.05, 0) is 42.7 Å². The predicted molar refractivity (Wildman–Crippen MR) is 155 cm³/mol. The van der Waals surface area contributed by atoms with Crippen molar-refractivity contribution >= 4 is 23.8 Å². The number of nitrogens with zero attached hydrogens (tertiary/aromatic N) is 1. The molecule has 42 heavy (non-hydrogen) atoms. The highest BCUT2D eigenvalue weighted by atomic mass is 19.4. The van der Waals surface area contributed by atoms with Gasteiger partial charge >= 0.3 is 18.1 Å². The molecule has 0 aromatic heterocycles. The Morgan fingerprint density at radius 3 is 1.79 bits per heavy atom. The molecule has 0 radical (unpaired) electrons. The molecular formula is C30H46F3N3O6. The molecule has 0 aliphatic rings. The first-order valence-corrected chi connectivity index (χ1v) is 13.5. The SMILES string of the molecule is CN[C@H](C(=O)N[C@H](C(=O)N(C)[C@H](/C=C(\C)C(=O)O)C(C)C)C(C)(C)C)C(C)(C)Cc1ccccc1.O=C(O)C(F)(F)F. The third-order valence-electron chi connectivity index (χ3n) is 6.71. The van der Waals surface area contributed by atoms with E-state index in [9.17, 15) is 32.7 Å². The van der Waals surface area contributed by atoms with Crippen LogP contribution in [0.2, 0.25) is 0 Å². The first-order valence-electron chi connectivity index (χ1n) is 13.5. The number of carboxylic acid groups (broad SMARTS) is 2. The summed E-state index contributed by atoms with van der Waals surface area (Å²) in [5, 5.41) is 22.6. The number of hydrogen-bond acceptors (Lipinski definition) is 5. The zero-order chi connectivity index (χ0) is 33.2. The average molecular weight is 602 g/mol. The highest BCUT2D eigenvalue weighted by Gasteiger charge is 2.41. The lowest BCUT2D eigenvalue weighted by atomic mass is 9.77. The minimum atomic E-state index is -5.08. The Kier molecular flexibility index (Phi) is 14.4. The Bertz CT molecular complexity index is 1100. The second-order valence-electron chi connectivity index (χ2n) is 12.3. The number of alkyl halides is 3. The number of carbonyl (C=O) groups excluding carboxylic acids is 2. The number of likely N-dealkylation sites (N-methyl/N-ethyl adjacent to an activating group) is 2. The fourth-order valence-corrected chi connectivity index (χ4v) is 4.40. The summed E-state index contributed by atoms with van der Waals surface area (Å²) in [6.45, 7) is 15.2. The van der Waals surface area contributed by atoms with Gasteiger partial charge in [0, 0.05) is 12.6 Å². The molecule has 0 aliphatic carbocycles. The number of halogens is 3. The van der Waals surface area contributed by atoms with Crippen LogP contribution in [0, 0.1) is 16.7 Å². The highest BCUT2D eigenvalue weighted by Crippen LogP contribution is 2.28. The van der Waals surface area contributed by atoms with Crippen LogP contribution >= 0.6 is 0 Å². The number of hydrogen-bond donors (Lipinski definition) is 4. The molecule has 1 rings (SSSR count). The van der Waals surface area contributed by atoms with E-state index in [1.807, 2.05) is 78.8 Å². The topological polar surface area (TPSA) is 136 Å². The molecule has 0 aliphatic heterocycles. The smallest absolute Gasteiger partial charge is 0.478 e. The number of benzene rings is 1. The van der Waals surface area contributed by atoms with Crippen LogP contribution in [0.15, 0.2) is 42.0 Å². The molecule has 9 nitrogen and oxygen atoms in total. The Balaban J connectivity index is 0.00000212. The van der Waals surface area contributed by atoms with Crippen LogP contribution in [0.1, 0.15) is 61.0 Å². The van der Waals surface area contributed by atoms with E-state index < -0.39 is 47.1 Å². The van der Waals surface area contributed by atoms with Crippen molar-refractivity contribution in [2.24, 2.45) is 16.7 Å².